The van der Waals surface area contributed by atoms with Gasteiger partial charge in [0.25, 0.3) is 0 Å². The summed E-state index contributed by atoms with van der Waals surface area (Å²) in [5.74, 6) is 0.200. The predicted molar refractivity (Wildman–Crippen MR) is 59.1 cm³/mol. The lowest BCUT2D eigenvalue weighted by molar-refractivity contribution is 0.316. The van der Waals surface area contributed by atoms with Gasteiger partial charge in [0.15, 0.2) is 5.84 Å². The molecule has 0 bridgehead atoms. The van der Waals surface area contributed by atoms with Gasteiger partial charge in [0, 0.05) is 12.2 Å². The van der Waals surface area contributed by atoms with Crippen LogP contribution < -0.4 is 5.73 Å². The van der Waals surface area contributed by atoms with Gasteiger partial charge in [-0.1, -0.05) is 24.4 Å². The maximum atomic E-state index is 8.68. The first-order valence-corrected chi connectivity index (χ1v) is 5.47. The number of aromatic nitrogens is 1. The minimum Gasteiger partial charge on any atom is -0.409 e. The Labute approximate surface area is 89.4 Å². The van der Waals surface area contributed by atoms with Gasteiger partial charge in [0.05, 0.1) is 5.69 Å². The van der Waals surface area contributed by atoms with E-state index in [1.54, 1.807) is 0 Å². The van der Waals surface area contributed by atoms with E-state index >= 15 is 0 Å². The van der Waals surface area contributed by atoms with Gasteiger partial charge in [-0.15, -0.1) is 0 Å². The Bertz CT molecular complexity index is 350. The fraction of sp³-hybridized carbons (Fsp3) is 0.545. The van der Waals surface area contributed by atoms with Gasteiger partial charge in [-0.3, -0.25) is 0 Å². The second kappa shape index (κ2) is 4.38. The zero-order valence-electron chi connectivity index (χ0n) is 8.76. The molecule has 1 saturated carbocycles. The van der Waals surface area contributed by atoms with Gasteiger partial charge in [0.2, 0.25) is 0 Å². The molecule has 1 aliphatic carbocycles. The average molecular weight is 207 g/mol. The number of amidine groups is 1. The van der Waals surface area contributed by atoms with Crippen LogP contribution in [0.3, 0.4) is 0 Å². The summed E-state index contributed by atoms with van der Waals surface area (Å²) in [5, 5.41) is 11.7. The second-order valence-corrected chi connectivity index (χ2v) is 4.08. The van der Waals surface area contributed by atoms with Crippen molar-refractivity contribution in [3.63, 3.8) is 0 Å². The van der Waals surface area contributed by atoms with Crippen molar-refractivity contribution in [2.75, 3.05) is 0 Å². The molecule has 2 rings (SSSR count). The Kier molecular flexibility index (Phi) is 2.94. The van der Waals surface area contributed by atoms with Gasteiger partial charge in [-0.2, -0.15) is 0 Å². The van der Waals surface area contributed by atoms with Crippen LogP contribution in [-0.2, 0) is 0 Å². The maximum Gasteiger partial charge on any atom is 0.186 e. The predicted octanol–water partition coefficient (Wildman–Crippen LogP) is 2.09. The standard InChI is InChI=1S/C11H17N3O/c12-11(13-15)10-7-4-8-14(10)9-5-2-1-3-6-9/h4,7-9,15H,1-3,5-6H2,(H2,12,13). The van der Waals surface area contributed by atoms with Crippen LogP contribution >= 0.6 is 0 Å². The van der Waals surface area contributed by atoms with Crippen molar-refractivity contribution >= 4 is 5.84 Å². The summed E-state index contributed by atoms with van der Waals surface area (Å²) in [6.45, 7) is 0. The smallest absolute Gasteiger partial charge is 0.186 e. The number of hydrogen-bond donors (Lipinski definition) is 2. The molecule has 0 spiro atoms. The Balaban J connectivity index is 2.23. The van der Waals surface area contributed by atoms with Crippen LogP contribution in [-0.4, -0.2) is 15.6 Å². The Morgan fingerprint density at radius 3 is 2.80 bits per heavy atom. The minimum absolute atomic E-state index is 0.200. The SMILES string of the molecule is N/C(=N/O)c1cccn1C1CCCCC1. The van der Waals surface area contributed by atoms with Crippen LogP contribution in [0.5, 0.6) is 0 Å². The highest BCUT2D eigenvalue weighted by atomic mass is 16.4. The maximum absolute atomic E-state index is 8.68. The number of rotatable bonds is 2. The summed E-state index contributed by atoms with van der Waals surface area (Å²) in [5.41, 5.74) is 6.45. The topological polar surface area (TPSA) is 63.5 Å². The lowest BCUT2D eigenvalue weighted by Crippen LogP contribution is -2.22. The van der Waals surface area contributed by atoms with Gasteiger partial charge < -0.3 is 15.5 Å². The first kappa shape index (κ1) is 10.1. The minimum atomic E-state index is 0.200. The van der Waals surface area contributed by atoms with Crippen molar-refractivity contribution in [3.05, 3.63) is 24.0 Å². The largest absolute Gasteiger partial charge is 0.409 e. The molecule has 1 aromatic heterocycles. The normalized spacial score (nSPS) is 19.3. The van der Waals surface area contributed by atoms with Crippen LogP contribution in [0.25, 0.3) is 0 Å². The van der Waals surface area contributed by atoms with Gasteiger partial charge >= 0.3 is 0 Å². The van der Waals surface area contributed by atoms with Crippen LogP contribution in [0.15, 0.2) is 23.5 Å². The van der Waals surface area contributed by atoms with E-state index in [0.29, 0.717) is 6.04 Å². The molecule has 0 aromatic carbocycles. The van der Waals surface area contributed by atoms with Crippen molar-refractivity contribution in [2.45, 2.75) is 38.1 Å². The third kappa shape index (κ3) is 1.98. The molecule has 1 fully saturated rings. The van der Waals surface area contributed by atoms with Crippen molar-refractivity contribution in [2.24, 2.45) is 10.9 Å². The molecule has 1 aliphatic rings. The van der Waals surface area contributed by atoms with Crippen LogP contribution in [0.2, 0.25) is 0 Å². The van der Waals surface area contributed by atoms with Crippen molar-refractivity contribution in [1.29, 1.82) is 0 Å². The molecule has 1 aromatic rings. The highest BCUT2D eigenvalue weighted by Gasteiger charge is 2.18. The van der Waals surface area contributed by atoms with E-state index in [9.17, 15) is 0 Å². The molecular weight excluding hydrogens is 190 g/mol. The molecule has 0 atom stereocenters. The molecular formula is C11H17N3O. The third-order valence-electron chi connectivity index (χ3n) is 3.12. The molecule has 82 valence electrons. The molecule has 0 unspecified atom stereocenters. The molecule has 1 heterocycles. The fourth-order valence-corrected chi connectivity index (χ4v) is 2.34. The van der Waals surface area contributed by atoms with E-state index in [-0.39, 0.29) is 5.84 Å². The Morgan fingerprint density at radius 1 is 1.40 bits per heavy atom. The van der Waals surface area contributed by atoms with Gasteiger partial charge in [-0.25, -0.2) is 0 Å². The van der Waals surface area contributed by atoms with Gasteiger partial charge in [-0.05, 0) is 25.0 Å². The highest BCUT2D eigenvalue weighted by Crippen LogP contribution is 2.29. The molecule has 3 N–H and O–H groups in total. The summed E-state index contributed by atoms with van der Waals surface area (Å²) in [4.78, 5) is 0. The molecule has 4 heteroatoms. The van der Waals surface area contributed by atoms with Crippen LogP contribution in [0.1, 0.15) is 43.8 Å². The summed E-state index contributed by atoms with van der Waals surface area (Å²) < 4.78 is 2.13. The summed E-state index contributed by atoms with van der Waals surface area (Å²) in [6, 6.07) is 4.36. The summed E-state index contributed by atoms with van der Waals surface area (Å²) in [6.07, 6.45) is 8.29. The fourth-order valence-electron chi connectivity index (χ4n) is 2.34. The number of nitrogens with two attached hydrogens (primary N) is 1. The van der Waals surface area contributed by atoms with E-state index in [0.717, 1.165) is 5.69 Å². The Hall–Kier alpha value is -1.45. The second-order valence-electron chi connectivity index (χ2n) is 4.08. The van der Waals surface area contributed by atoms with Crippen LogP contribution in [0.4, 0.5) is 0 Å². The molecule has 0 aliphatic heterocycles. The van der Waals surface area contributed by atoms with Crippen molar-refractivity contribution in [1.82, 2.24) is 4.57 Å². The summed E-state index contributed by atoms with van der Waals surface area (Å²) >= 11 is 0. The Morgan fingerprint density at radius 2 is 2.13 bits per heavy atom. The molecule has 0 saturated heterocycles. The first-order valence-electron chi connectivity index (χ1n) is 5.47. The van der Waals surface area contributed by atoms with E-state index in [1.807, 2.05) is 18.3 Å². The first-order chi connectivity index (χ1) is 7.33. The van der Waals surface area contributed by atoms with Crippen molar-refractivity contribution in [3.8, 4) is 0 Å². The van der Waals surface area contributed by atoms with E-state index in [4.69, 9.17) is 10.9 Å². The molecule has 4 nitrogen and oxygen atoms in total. The number of oxime groups is 1. The zero-order valence-corrected chi connectivity index (χ0v) is 8.76. The average Bonchev–Trinajstić information content (AvgIpc) is 2.78. The van der Waals surface area contributed by atoms with E-state index < -0.39 is 0 Å². The van der Waals surface area contributed by atoms with E-state index in [2.05, 4.69) is 9.72 Å². The van der Waals surface area contributed by atoms with Crippen LogP contribution in [0, 0.1) is 0 Å². The van der Waals surface area contributed by atoms with Crippen molar-refractivity contribution < 1.29 is 5.21 Å². The summed E-state index contributed by atoms with van der Waals surface area (Å²) in [7, 11) is 0. The number of hydrogen-bond acceptors (Lipinski definition) is 2. The highest BCUT2D eigenvalue weighted by molar-refractivity contribution is 5.95. The lowest BCUT2D eigenvalue weighted by atomic mass is 9.95. The molecule has 0 radical (unpaired) electrons. The zero-order chi connectivity index (χ0) is 10.7. The molecule has 0 amide bonds. The monoisotopic (exact) mass is 207 g/mol. The number of nitrogens with zero attached hydrogens (tertiary/aromatic N) is 2. The quantitative estimate of drug-likeness (QED) is 0.337. The molecule has 15 heavy (non-hydrogen) atoms. The lowest BCUT2D eigenvalue weighted by Gasteiger charge is -2.25. The van der Waals surface area contributed by atoms with Gasteiger partial charge in [0.1, 0.15) is 0 Å². The third-order valence-corrected chi connectivity index (χ3v) is 3.12. The van der Waals surface area contributed by atoms with E-state index in [1.165, 1.54) is 32.1 Å².